The Morgan fingerprint density at radius 3 is 2.22 bits per heavy atom. The maximum Gasteiger partial charge on any atom is 0.290 e. The van der Waals surface area contributed by atoms with Gasteiger partial charge in [-0.25, -0.2) is 0 Å². The zero-order chi connectivity index (χ0) is 22.2. The van der Waals surface area contributed by atoms with Crippen molar-refractivity contribution in [2.45, 2.75) is 25.9 Å². The lowest BCUT2D eigenvalue weighted by atomic mass is 10.1. The average molecular weight is 433 g/mol. The molecule has 0 atom stereocenters. The minimum absolute atomic E-state index is 0.155. The molecule has 2 amide bonds. The van der Waals surface area contributed by atoms with E-state index in [1.807, 2.05) is 53.4 Å². The van der Waals surface area contributed by atoms with Gasteiger partial charge in [0, 0.05) is 38.2 Å². The van der Waals surface area contributed by atoms with Crippen molar-refractivity contribution in [3.8, 4) is 5.75 Å². The Hall–Kier alpha value is -3.54. The van der Waals surface area contributed by atoms with Crippen LogP contribution in [0.4, 0.5) is 0 Å². The Morgan fingerprint density at radius 1 is 0.844 bits per heavy atom. The van der Waals surface area contributed by atoms with Gasteiger partial charge < -0.3 is 19.0 Å². The van der Waals surface area contributed by atoms with E-state index in [1.165, 1.54) is 11.8 Å². The first-order chi connectivity index (χ1) is 15.7. The highest BCUT2D eigenvalue weighted by molar-refractivity contribution is 5.93. The van der Waals surface area contributed by atoms with Crippen LogP contribution in [-0.4, -0.2) is 47.8 Å². The van der Waals surface area contributed by atoms with Crippen molar-refractivity contribution in [1.82, 2.24) is 9.80 Å². The number of rotatable bonds is 8. The van der Waals surface area contributed by atoms with Crippen molar-refractivity contribution in [3.63, 3.8) is 0 Å². The average Bonchev–Trinajstić information content (AvgIpc) is 3.32. The van der Waals surface area contributed by atoms with Crippen LogP contribution < -0.4 is 4.74 Å². The number of hydrogen-bond acceptors (Lipinski definition) is 4. The number of amides is 2. The van der Waals surface area contributed by atoms with Crippen LogP contribution in [-0.2, 0) is 17.8 Å². The number of hydrogen-bond donors (Lipinski definition) is 0. The normalized spacial score (nSPS) is 13.8. The van der Waals surface area contributed by atoms with Crippen LogP contribution in [0, 0.1) is 0 Å². The third-order valence-electron chi connectivity index (χ3n) is 5.70. The first-order valence-electron chi connectivity index (χ1n) is 11.1. The fraction of sp³-hybridized carbons (Fsp3) is 0.308. The number of benzene rings is 2. The van der Waals surface area contributed by atoms with Gasteiger partial charge in [0.1, 0.15) is 12.4 Å². The predicted octanol–water partition coefficient (Wildman–Crippen LogP) is 4.17. The summed E-state index contributed by atoms with van der Waals surface area (Å²) in [5.74, 6) is 1.05. The van der Waals surface area contributed by atoms with Gasteiger partial charge in [-0.15, -0.1) is 0 Å². The van der Waals surface area contributed by atoms with Crippen LogP contribution in [0.1, 0.15) is 34.5 Å². The van der Waals surface area contributed by atoms with E-state index in [0.29, 0.717) is 38.4 Å². The molecule has 0 bridgehead atoms. The van der Waals surface area contributed by atoms with Crippen molar-refractivity contribution < 1.29 is 18.7 Å². The highest BCUT2D eigenvalue weighted by Crippen LogP contribution is 2.18. The molecule has 0 N–H and O–H groups in total. The summed E-state index contributed by atoms with van der Waals surface area (Å²) < 4.78 is 11.2. The molecule has 0 saturated carbocycles. The summed E-state index contributed by atoms with van der Waals surface area (Å²) >= 11 is 0. The first kappa shape index (κ1) is 21.7. The Labute approximate surface area is 188 Å². The molecule has 2 heterocycles. The van der Waals surface area contributed by atoms with E-state index in [4.69, 9.17) is 9.15 Å². The molecule has 1 saturated heterocycles. The summed E-state index contributed by atoms with van der Waals surface area (Å²) in [4.78, 5) is 29.1. The Balaban J connectivity index is 1.24. The number of para-hydroxylation sites is 1. The molecule has 1 fully saturated rings. The first-order valence-corrected chi connectivity index (χ1v) is 11.1. The van der Waals surface area contributed by atoms with Gasteiger partial charge >= 0.3 is 0 Å². The van der Waals surface area contributed by atoms with Crippen LogP contribution >= 0.6 is 0 Å². The fourth-order valence-corrected chi connectivity index (χ4v) is 3.86. The smallest absolute Gasteiger partial charge is 0.290 e. The molecule has 3 aromatic rings. The predicted molar refractivity (Wildman–Crippen MR) is 121 cm³/mol. The van der Waals surface area contributed by atoms with Crippen LogP contribution in [0.3, 0.4) is 0 Å². The van der Waals surface area contributed by atoms with Crippen LogP contribution in [0.25, 0.3) is 0 Å². The number of carbonyl (C=O) groups excluding carboxylic acids is 2. The summed E-state index contributed by atoms with van der Waals surface area (Å²) in [7, 11) is 0. The number of aryl methyl sites for hydroxylation is 1. The second-order valence-electron chi connectivity index (χ2n) is 7.89. The van der Waals surface area contributed by atoms with Gasteiger partial charge in [0.05, 0.1) is 6.26 Å². The van der Waals surface area contributed by atoms with Crippen LogP contribution in [0.15, 0.2) is 77.4 Å². The SMILES string of the molecule is O=C(CCCc1ccccc1)N1CCN(C(=O)c2occc2COc2ccccc2)CC1. The summed E-state index contributed by atoms with van der Waals surface area (Å²) in [6.07, 6.45) is 3.78. The molecule has 2 aromatic carbocycles. The molecule has 0 radical (unpaired) electrons. The van der Waals surface area contributed by atoms with E-state index in [2.05, 4.69) is 12.1 Å². The van der Waals surface area contributed by atoms with Gasteiger partial charge in [0.2, 0.25) is 5.91 Å². The maximum atomic E-state index is 13.0. The summed E-state index contributed by atoms with van der Waals surface area (Å²) in [6.45, 7) is 2.37. The number of ether oxygens (including phenoxy) is 1. The maximum absolute atomic E-state index is 13.0. The Morgan fingerprint density at radius 2 is 1.50 bits per heavy atom. The molecule has 166 valence electrons. The number of piperazine rings is 1. The van der Waals surface area contributed by atoms with Crippen molar-refractivity contribution in [2.75, 3.05) is 26.2 Å². The van der Waals surface area contributed by atoms with Crippen molar-refractivity contribution >= 4 is 11.8 Å². The van der Waals surface area contributed by atoms with Crippen molar-refractivity contribution in [1.29, 1.82) is 0 Å². The third kappa shape index (κ3) is 5.58. The molecule has 32 heavy (non-hydrogen) atoms. The quantitative estimate of drug-likeness (QED) is 0.536. The molecule has 0 spiro atoms. The lowest BCUT2D eigenvalue weighted by Crippen LogP contribution is -2.50. The molecular weight excluding hydrogens is 404 g/mol. The fourth-order valence-electron chi connectivity index (χ4n) is 3.86. The molecule has 0 unspecified atom stereocenters. The van der Waals surface area contributed by atoms with E-state index < -0.39 is 0 Å². The highest BCUT2D eigenvalue weighted by Gasteiger charge is 2.27. The van der Waals surface area contributed by atoms with E-state index in [1.54, 1.807) is 11.0 Å². The lowest BCUT2D eigenvalue weighted by molar-refractivity contribution is -0.132. The van der Waals surface area contributed by atoms with Gasteiger partial charge in [0.25, 0.3) is 5.91 Å². The highest BCUT2D eigenvalue weighted by atomic mass is 16.5. The van der Waals surface area contributed by atoms with Crippen LogP contribution in [0.2, 0.25) is 0 Å². The second-order valence-corrected chi connectivity index (χ2v) is 7.89. The molecule has 1 aromatic heterocycles. The van der Waals surface area contributed by atoms with E-state index in [0.717, 1.165) is 24.2 Å². The van der Waals surface area contributed by atoms with Gasteiger partial charge in [-0.3, -0.25) is 9.59 Å². The summed E-state index contributed by atoms with van der Waals surface area (Å²) in [5, 5.41) is 0. The topological polar surface area (TPSA) is 63.0 Å². The molecular formula is C26H28N2O4. The largest absolute Gasteiger partial charge is 0.489 e. The van der Waals surface area contributed by atoms with E-state index >= 15 is 0 Å². The molecule has 1 aliphatic rings. The third-order valence-corrected chi connectivity index (χ3v) is 5.70. The minimum atomic E-state index is -0.155. The molecule has 6 heteroatoms. The standard InChI is InChI=1S/C26H28N2O4/c29-24(13-7-10-21-8-3-1-4-9-21)27-15-17-28(18-16-27)26(30)25-22(14-19-31-25)20-32-23-11-5-2-6-12-23/h1-6,8-9,11-12,14,19H,7,10,13,15-18,20H2. The molecule has 1 aliphatic heterocycles. The van der Waals surface area contributed by atoms with Crippen molar-refractivity contribution in [2.24, 2.45) is 0 Å². The van der Waals surface area contributed by atoms with E-state index in [9.17, 15) is 9.59 Å². The molecule has 6 nitrogen and oxygen atoms in total. The van der Waals surface area contributed by atoms with Gasteiger partial charge in [-0.05, 0) is 36.6 Å². The summed E-state index contributed by atoms with van der Waals surface area (Å²) in [5.41, 5.74) is 1.97. The summed E-state index contributed by atoms with van der Waals surface area (Å²) in [6, 6.07) is 21.4. The monoisotopic (exact) mass is 432 g/mol. The zero-order valence-electron chi connectivity index (χ0n) is 18.1. The van der Waals surface area contributed by atoms with Gasteiger partial charge in [-0.2, -0.15) is 0 Å². The Bertz CT molecular complexity index is 1010. The lowest BCUT2D eigenvalue weighted by Gasteiger charge is -2.34. The number of nitrogens with zero attached hydrogens (tertiary/aromatic N) is 2. The van der Waals surface area contributed by atoms with Crippen molar-refractivity contribution in [3.05, 3.63) is 89.9 Å². The molecule has 4 rings (SSSR count). The van der Waals surface area contributed by atoms with E-state index in [-0.39, 0.29) is 18.4 Å². The number of furan rings is 1. The Kier molecular flexibility index (Phi) is 7.23. The van der Waals surface area contributed by atoms with Crippen LogP contribution in [0.5, 0.6) is 5.75 Å². The second kappa shape index (κ2) is 10.7. The zero-order valence-corrected chi connectivity index (χ0v) is 18.1. The van der Waals surface area contributed by atoms with Gasteiger partial charge in [-0.1, -0.05) is 48.5 Å². The van der Waals surface area contributed by atoms with Gasteiger partial charge in [0.15, 0.2) is 5.76 Å². The molecule has 0 aliphatic carbocycles. The minimum Gasteiger partial charge on any atom is -0.489 e. The number of carbonyl (C=O) groups is 2.